The van der Waals surface area contributed by atoms with Gasteiger partial charge in [-0.15, -0.1) is 0 Å². The molecule has 32 heavy (non-hydrogen) atoms. The van der Waals surface area contributed by atoms with Crippen LogP contribution in [0.1, 0.15) is 11.1 Å². The number of hydrazine groups is 2. The van der Waals surface area contributed by atoms with E-state index in [0.29, 0.717) is 10.0 Å². The lowest BCUT2D eigenvalue weighted by Crippen LogP contribution is -2.15. The first-order valence-electron chi connectivity index (χ1n) is 10.3. The normalized spacial score (nSPS) is 12.1. The highest BCUT2D eigenvalue weighted by Gasteiger charge is 2.16. The standard InChI is InChI=1S/C14H14N2.C12H8Cl2N2/c1-9-3-5-11-12-6-4-10(2)8-14(12)16-15-13(11)7-9;13-7-1-3-9-10-4-2-8(14)6-12(10)16-15-11(9)5-7/h3-8,15-16H,1-2H3;1-6,15-16H. The Morgan fingerprint density at radius 1 is 0.438 bits per heavy atom. The molecule has 4 N–H and O–H groups in total. The van der Waals surface area contributed by atoms with Gasteiger partial charge in [-0.2, -0.15) is 0 Å². The van der Waals surface area contributed by atoms with Gasteiger partial charge in [-0.25, -0.2) is 0 Å². The van der Waals surface area contributed by atoms with Gasteiger partial charge in [0.25, 0.3) is 0 Å². The molecular weight excluding hydrogens is 439 g/mol. The highest BCUT2D eigenvalue weighted by molar-refractivity contribution is 6.31. The molecule has 2 aliphatic heterocycles. The van der Waals surface area contributed by atoms with Gasteiger partial charge in [0.1, 0.15) is 0 Å². The van der Waals surface area contributed by atoms with Crippen molar-refractivity contribution < 1.29 is 0 Å². The molecule has 0 radical (unpaired) electrons. The second-order valence-electron chi connectivity index (χ2n) is 7.98. The molecule has 2 heterocycles. The zero-order valence-electron chi connectivity index (χ0n) is 17.7. The number of rotatable bonds is 0. The summed E-state index contributed by atoms with van der Waals surface area (Å²) < 4.78 is 0. The molecule has 0 saturated heterocycles. The molecule has 0 aromatic heterocycles. The first-order valence-corrected chi connectivity index (χ1v) is 11.1. The lowest BCUT2D eigenvalue weighted by molar-refractivity contribution is 1.33. The third kappa shape index (κ3) is 3.95. The number of hydrogen-bond donors (Lipinski definition) is 4. The molecule has 0 unspecified atom stereocenters. The molecule has 160 valence electrons. The van der Waals surface area contributed by atoms with E-state index in [9.17, 15) is 0 Å². The Balaban J connectivity index is 0.000000135. The summed E-state index contributed by atoms with van der Waals surface area (Å²) in [6.07, 6.45) is 0. The van der Waals surface area contributed by atoms with Gasteiger partial charge in [-0.3, -0.25) is 0 Å². The molecule has 0 bridgehead atoms. The Hall–Kier alpha value is -3.34. The van der Waals surface area contributed by atoms with Crippen molar-refractivity contribution in [3.8, 4) is 22.3 Å². The minimum absolute atomic E-state index is 0.713. The Morgan fingerprint density at radius 2 is 0.750 bits per heavy atom. The molecule has 0 fully saturated rings. The maximum atomic E-state index is 5.94. The van der Waals surface area contributed by atoms with Gasteiger partial charge in [0.15, 0.2) is 0 Å². The summed E-state index contributed by atoms with van der Waals surface area (Å²) in [5, 5.41) is 1.43. The van der Waals surface area contributed by atoms with E-state index >= 15 is 0 Å². The van der Waals surface area contributed by atoms with Crippen molar-refractivity contribution in [2.75, 3.05) is 21.7 Å². The van der Waals surface area contributed by atoms with Crippen LogP contribution in [-0.4, -0.2) is 0 Å². The topological polar surface area (TPSA) is 48.1 Å². The average Bonchev–Trinajstić information content (AvgIpc) is 2.78. The van der Waals surface area contributed by atoms with Crippen molar-refractivity contribution in [2.45, 2.75) is 13.8 Å². The zero-order chi connectivity index (χ0) is 22.2. The molecule has 6 heteroatoms. The molecule has 4 nitrogen and oxygen atoms in total. The predicted molar refractivity (Wildman–Crippen MR) is 138 cm³/mol. The van der Waals surface area contributed by atoms with E-state index in [0.717, 1.165) is 33.9 Å². The van der Waals surface area contributed by atoms with Gasteiger partial charge in [0.05, 0.1) is 22.7 Å². The molecule has 0 spiro atoms. The molecule has 6 rings (SSSR count). The smallest absolute Gasteiger partial charge is 0.0633 e. The van der Waals surface area contributed by atoms with Gasteiger partial charge in [0.2, 0.25) is 0 Å². The number of benzene rings is 4. The first-order chi connectivity index (χ1) is 15.5. The monoisotopic (exact) mass is 460 g/mol. The summed E-state index contributed by atoms with van der Waals surface area (Å²) in [6, 6.07) is 24.5. The molecule has 4 aromatic rings. The van der Waals surface area contributed by atoms with Crippen LogP contribution in [0, 0.1) is 13.8 Å². The van der Waals surface area contributed by atoms with Crippen LogP contribution in [0.4, 0.5) is 22.7 Å². The Labute approximate surface area is 197 Å². The Morgan fingerprint density at radius 3 is 1.12 bits per heavy atom. The third-order valence-corrected chi connectivity index (χ3v) is 6.03. The number of nitrogens with one attached hydrogen (secondary N) is 4. The fourth-order valence-corrected chi connectivity index (χ4v) is 4.32. The molecule has 4 aromatic carbocycles. The van der Waals surface area contributed by atoms with E-state index in [4.69, 9.17) is 23.2 Å². The van der Waals surface area contributed by atoms with Crippen LogP contribution in [0.3, 0.4) is 0 Å². The van der Waals surface area contributed by atoms with Gasteiger partial charge in [-0.1, -0.05) is 59.6 Å². The zero-order valence-corrected chi connectivity index (χ0v) is 19.2. The quantitative estimate of drug-likeness (QED) is 0.214. The fourth-order valence-electron chi connectivity index (χ4n) is 3.97. The third-order valence-electron chi connectivity index (χ3n) is 5.56. The van der Waals surface area contributed by atoms with E-state index in [1.165, 1.54) is 22.3 Å². The summed E-state index contributed by atoms with van der Waals surface area (Å²) in [6.45, 7) is 4.21. The van der Waals surface area contributed by atoms with E-state index in [1.54, 1.807) is 0 Å². The second-order valence-corrected chi connectivity index (χ2v) is 8.85. The number of anilines is 4. The van der Waals surface area contributed by atoms with E-state index < -0.39 is 0 Å². The fraction of sp³-hybridized carbons (Fsp3) is 0.0769. The van der Waals surface area contributed by atoms with Crippen LogP contribution in [-0.2, 0) is 0 Å². The number of aryl methyl sites for hydroxylation is 2. The highest BCUT2D eigenvalue weighted by Crippen LogP contribution is 2.40. The molecule has 0 aliphatic carbocycles. The number of halogens is 2. The van der Waals surface area contributed by atoms with Crippen LogP contribution in [0.15, 0.2) is 72.8 Å². The average molecular weight is 461 g/mol. The van der Waals surface area contributed by atoms with Crippen molar-refractivity contribution in [1.29, 1.82) is 0 Å². The van der Waals surface area contributed by atoms with Gasteiger partial charge < -0.3 is 21.7 Å². The lowest BCUT2D eigenvalue weighted by Gasteiger charge is -2.23. The van der Waals surface area contributed by atoms with E-state index in [2.05, 4.69) is 71.9 Å². The Bertz CT molecular complexity index is 1130. The molecular formula is C26H22Cl2N4. The molecule has 2 aliphatic rings. The summed E-state index contributed by atoms with van der Waals surface area (Å²) >= 11 is 11.9. The van der Waals surface area contributed by atoms with Crippen LogP contribution < -0.4 is 21.7 Å². The second kappa shape index (κ2) is 8.30. The summed E-state index contributed by atoms with van der Waals surface area (Å²) in [4.78, 5) is 0. The van der Waals surface area contributed by atoms with Crippen molar-refractivity contribution in [3.63, 3.8) is 0 Å². The van der Waals surface area contributed by atoms with Crippen molar-refractivity contribution in [2.24, 2.45) is 0 Å². The van der Waals surface area contributed by atoms with Gasteiger partial charge in [0, 0.05) is 32.3 Å². The summed E-state index contributed by atoms with van der Waals surface area (Å²) in [7, 11) is 0. The molecule has 0 saturated carbocycles. The van der Waals surface area contributed by atoms with Crippen molar-refractivity contribution in [1.82, 2.24) is 0 Å². The summed E-state index contributed by atoms with van der Waals surface area (Å²) in [5.41, 5.74) is 24.2. The number of hydrogen-bond acceptors (Lipinski definition) is 4. The highest BCUT2D eigenvalue weighted by atomic mass is 35.5. The van der Waals surface area contributed by atoms with E-state index in [-0.39, 0.29) is 0 Å². The minimum atomic E-state index is 0.713. The van der Waals surface area contributed by atoms with Crippen molar-refractivity contribution in [3.05, 3.63) is 94.0 Å². The molecule has 0 atom stereocenters. The van der Waals surface area contributed by atoms with Crippen LogP contribution in [0.5, 0.6) is 0 Å². The summed E-state index contributed by atoms with van der Waals surface area (Å²) in [5.74, 6) is 0. The number of fused-ring (bicyclic) bond motifs is 6. The van der Waals surface area contributed by atoms with Gasteiger partial charge >= 0.3 is 0 Å². The van der Waals surface area contributed by atoms with Crippen LogP contribution >= 0.6 is 23.2 Å². The first kappa shape index (κ1) is 20.6. The van der Waals surface area contributed by atoms with E-state index in [1.807, 2.05) is 36.4 Å². The van der Waals surface area contributed by atoms with Crippen molar-refractivity contribution >= 4 is 46.0 Å². The van der Waals surface area contributed by atoms with Crippen LogP contribution in [0.2, 0.25) is 10.0 Å². The molecule has 0 amide bonds. The van der Waals surface area contributed by atoms with Gasteiger partial charge in [-0.05, 0) is 61.4 Å². The minimum Gasteiger partial charge on any atom is -0.300 e. The maximum absolute atomic E-state index is 5.94. The Kier molecular flexibility index (Phi) is 5.33. The maximum Gasteiger partial charge on any atom is 0.0633 e. The van der Waals surface area contributed by atoms with Crippen LogP contribution in [0.25, 0.3) is 22.3 Å². The lowest BCUT2D eigenvalue weighted by atomic mass is 9.98. The SMILES string of the molecule is Cc1ccc2c(c1)NNc1cc(C)ccc1-2.Clc1ccc2c(c1)NNc1cc(Cl)ccc1-2. The largest absolute Gasteiger partial charge is 0.300 e. The predicted octanol–water partition coefficient (Wildman–Crippen LogP) is 8.14.